The van der Waals surface area contributed by atoms with E-state index in [4.69, 9.17) is 0 Å². The third kappa shape index (κ3) is 2.28. The number of allylic oxidation sites excluding steroid dienone is 1. The van der Waals surface area contributed by atoms with Gasteiger partial charge in [-0.25, -0.2) is 0 Å². The van der Waals surface area contributed by atoms with Crippen molar-refractivity contribution in [2.75, 3.05) is 6.61 Å². The van der Waals surface area contributed by atoms with Crippen LogP contribution in [-0.2, 0) is 9.59 Å². The van der Waals surface area contributed by atoms with Crippen LogP contribution in [0.15, 0.2) is 11.6 Å². The lowest BCUT2D eigenvalue weighted by atomic mass is 9.37. The Hall–Kier alpha value is -1.00. The van der Waals surface area contributed by atoms with E-state index in [1.807, 2.05) is 13.0 Å². The van der Waals surface area contributed by atoms with Gasteiger partial charge in [-0.05, 0) is 66.3 Å². The van der Waals surface area contributed by atoms with E-state index >= 15 is 0 Å². The molecule has 0 spiro atoms. The Morgan fingerprint density at radius 1 is 1.14 bits per heavy atom. The normalized spacial score (nSPS) is 54.3. The molecule has 2 N–H and O–H groups in total. The maximum absolute atomic E-state index is 13.0. The van der Waals surface area contributed by atoms with Crippen molar-refractivity contribution in [3.8, 4) is 0 Å². The molecule has 9 unspecified atom stereocenters. The monoisotopic (exact) mass is 402 g/mol. The summed E-state index contributed by atoms with van der Waals surface area (Å²) in [6.45, 7) is 12.7. The zero-order valence-corrected chi connectivity index (χ0v) is 18.9. The molecule has 4 nitrogen and oxygen atoms in total. The second-order valence-electron chi connectivity index (χ2n) is 11.6. The second-order valence-corrected chi connectivity index (χ2v) is 11.6. The Balaban J connectivity index is 1.86. The van der Waals surface area contributed by atoms with Crippen molar-refractivity contribution in [1.29, 1.82) is 0 Å². The smallest absolute Gasteiger partial charge is 0.164 e. The first-order valence-electron chi connectivity index (χ1n) is 11.4. The first-order valence-corrected chi connectivity index (χ1v) is 11.4. The van der Waals surface area contributed by atoms with E-state index in [2.05, 4.69) is 34.6 Å². The average molecular weight is 403 g/mol. The van der Waals surface area contributed by atoms with Gasteiger partial charge < -0.3 is 10.2 Å². The largest absolute Gasteiger partial charge is 0.392 e. The number of fused-ring (bicyclic) bond motifs is 5. The van der Waals surface area contributed by atoms with Crippen molar-refractivity contribution >= 4 is 11.6 Å². The lowest BCUT2D eigenvalue weighted by Crippen LogP contribution is -2.65. The van der Waals surface area contributed by atoms with Gasteiger partial charge >= 0.3 is 0 Å². The summed E-state index contributed by atoms with van der Waals surface area (Å²) in [5.41, 5.74) is -0.193. The van der Waals surface area contributed by atoms with Gasteiger partial charge in [-0.3, -0.25) is 9.59 Å². The van der Waals surface area contributed by atoms with Gasteiger partial charge in [0.15, 0.2) is 11.6 Å². The fourth-order valence-electron chi connectivity index (χ4n) is 8.72. The first-order chi connectivity index (χ1) is 13.4. The summed E-state index contributed by atoms with van der Waals surface area (Å²) in [6, 6.07) is 0. The van der Waals surface area contributed by atoms with E-state index in [9.17, 15) is 19.8 Å². The van der Waals surface area contributed by atoms with Gasteiger partial charge in [-0.15, -0.1) is 0 Å². The molecule has 4 heteroatoms. The molecule has 0 aromatic rings. The number of aliphatic hydroxyl groups is 2. The number of carbonyl (C=O) groups excluding carboxylic acids is 2. The molecule has 0 aromatic carbocycles. The van der Waals surface area contributed by atoms with Crippen LogP contribution in [0.3, 0.4) is 0 Å². The lowest BCUT2D eigenvalue weighted by molar-refractivity contribution is -0.206. The van der Waals surface area contributed by atoms with E-state index in [0.29, 0.717) is 30.6 Å². The average Bonchev–Trinajstić information content (AvgIpc) is 2.86. The van der Waals surface area contributed by atoms with E-state index < -0.39 is 18.1 Å². The van der Waals surface area contributed by atoms with Crippen molar-refractivity contribution in [1.82, 2.24) is 0 Å². The van der Waals surface area contributed by atoms with Crippen molar-refractivity contribution in [3.05, 3.63) is 11.6 Å². The van der Waals surface area contributed by atoms with E-state index in [0.717, 1.165) is 19.3 Å². The Labute approximate surface area is 175 Å². The standard InChI is InChI=1S/C25H38O4/c1-14-9-19-18-10-15(2)24(5,21(29)13-26)23(18,4)12-20(28)25(19,6)22(3)8-7-16(27)11-17(14)22/h11,14-15,18-20,26,28H,7-10,12-13H2,1-6H3. The minimum absolute atomic E-state index is 0.0790. The molecule has 4 aliphatic carbocycles. The molecule has 4 aliphatic rings. The molecular formula is C25H38O4. The van der Waals surface area contributed by atoms with Crippen LogP contribution in [-0.4, -0.2) is 34.5 Å². The fourth-order valence-corrected chi connectivity index (χ4v) is 8.72. The molecule has 0 heterocycles. The molecule has 0 bridgehead atoms. The van der Waals surface area contributed by atoms with Gasteiger partial charge in [0, 0.05) is 17.3 Å². The van der Waals surface area contributed by atoms with Crippen LogP contribution in [0.5, 0.6) is 0 Å². The highest BCUT2D eigenvalue weighted by atomic mass is 16.3. The molecule has 0 amide bonds. The topological polar surface area (TPSA) is 74.6 Å². The number of ketones is 2. The summed E-state index contributed by atoms with van der Waals surface area (Å²) in [6.07, 6.45) is 5.22. The number of Topliss-reactive ketones (excluding diaryl/α,β-unsaturated/α-hetero) is 1. The predicted molar refractivity (Wildman–Crippen MR) is 112 cm³/mol. The van der Waals surface area contributed by atoms with Crippen molar-refractivity contribution in [3.63, 3.8) is 0 Å². The first kappa shape index (κ1) is 21.2. The summed E-state index contributed by atoms with van der Waals surface area (Å²) < 4.78 is 0. The Kier molecular flexibility index (Phi) is 4.58. The van der Waals surface area contributed by atoms with Crippen molar-refractivity contribution in [2.24, 2.45) is 45.3 Å². The van der Waals surface area contributed by atoms with Crippen LogP contribution in [0.1, 0.15) is 73.6 Å². The van der Waals surface area contributed by atoms with Crippen LogP contribution in [0.2, 0.25) is 0 Å². The number of hydrogen-bond acceptors (Lipinski definition) is 4. The predicted octanol–water partition coefficient (Wildman–Crippen LogP) is 3.94. The highest BCUT2D eigenvalue weighted by Gasteiger charge is 2.72. The molecule has 162 valence electrons. The van der Waals surface area contributed by atoms with Crippen LogP contribution in [0.4, 0.5) is 0 Å². The maximum atomic E-state index is 13.0. The van der Waals surface area contributed by atoms with Gasteiger partial charge in [0.05, 0.1) is 6.10 Å². The number of hydrogen-bond donors (Lipinski definition) is 2. The fraction of sp³-hybridized carbons (Fsp3) is 0.840. The second kappa shape index (κ2) is 6.26. The summed E-state index contributed by atoms with van der Waals surface area (Å²) in [4.78, 5) is 25.2. The van der Waals surface area contributed by atoms with Crippen LogP contribution in [0.25, 0.3) is 0 Å². The molecule has 3 fully saturated rings. The van der Waals surface area contributed by atoms with Crippen LogP contribution in [0, 0.1) is 45.3 Å². The van der Waals surface area contributed by atoms with E-state index in [1.165, 1.54) is 5.57 Å². The number of aliphatic hydroxyl groups excluding tert-OH is 2. The number of carbonyl (C=O) groups is 2. The summed E-state index contributed by atoms with van der Waals surface area (Å²) in [7, 11) is 0. The quantitative estimate of drug-likeness (QED) is 0.734. The van der Waals surface area contributed by atoms with Crippen molar-refractivity contribution in [2.45, 2.75) is 79.8 Å². The minimum Gasteiger partial charge on any atom is -0.392 e. The highest BCUT2D eigenvalue weighted by molar-refractivity contribution is 5.92. The SMILES string of the molecule is CC1CC2C3CC(C)C(C)(C(=O)CO)C3(C)CC(O)C2(C)C2(C)CCC(=O)C=C12. The van der Waals surface area contributed by atoms with E-state index in [-0.39, 0.29) is 33.7 Å². The molecule has 29 heavy (non-hydrogen) atoms. The summed E-state index contributed by atoms with van der Waals surface area (Å²) in [5, 5.41) is 21.5. The molecule has 0 saturated heterocycles. The Morgan fingerprint density at radius 2 is 1.79 bits per heavy atom. The van der Waals surface area contributed by atoms with E-state index in [1.54, 1.807) is 0 Å². The minimum atomic E-state index is -0.614. The Morgan fingerprint density at radius 3 is 2.41 bits per heavy atom. The molecule has 9 atom stereocenters. The third-order valence-corrected chi connectivity index (χ3v) is 11.0. The zero-order chi connectivity index (χ0) is 21.6. The molecule has 3 saturated carbocycles. The van der Waals surface area contributed by atoms with Gasteiger partial charge in [-0.2, -0.15) is 0 Å². The molecule has 0 aliphatic heterocycles. The van der Waals surface area contributed by atoms with Gasteiger partial charge in [0.2, 0.25) is 0 Å². The third-order valence-electron chi connectivity index (χ3n) is 11.0. The van der Waals surface area contributed by atoms with Crippen LogP contribution < -0.4 is 0 Å². The maximum Gasteiger partial charge on any atom is 0.164 e. The molecule has 0 radical (unpaired) electrons. The summed E-state index contributed by atoms with van der Waals surface area (Å²) in [5.74, 6) is 1.27. The molecule has 4 rings (SSSR count). The lowest BCUT2D eigenvalue weighted by Gasteiger charge is -2.68. The highest BCUT2D eigenvalue weighted by Crippen LogP contribution is 2.75. The zero-order valence-electron chi connectivity index (χ0n) is 18.9. The van der Waals surface area contributed by atoms with Gasteiger partial charge in [-0.1, -0.05) is 47.1 Å². The van der Waals surface area contributed by atoms with Gasteiger partial charge in [0.25, 0.3) is 0 Å². The molecule has 0 aromatic heterocycles. The summed E-state index contributed by atoms with van der Waals surface area (Å²) >= 11 is 0. The molecular weight excluding hydrogens is 364 g/mol. The van der Waals surface area contributed by atoms with Crippen molar-refractivity contribution < 1.29 is 19.8 Å². The van der Waals surface area contributed by atoms with Crippen LogP contribution >= 0.6 is 0 Å². The Bertz CT molecular complexity index is 786. The number of rotatable bonds is 2. The van der Waals surface area contributed by atoms with Gasteiger partial charge in [0.1, 0.15) is 6.61 Å².